The molecule has 4 rings (SSSR count). The van der Waals surface area contributed by atoms with Gasteiger partial charge in [-0.25, -0.2) is 4.57 Å². The molecule has 2 aliphatic heterocycles. The third-order valence-corrected chi connectivity index (χ3v) is 7.13. The number of nitrogens with two attached hydrogens (primary N) is 2. The van der Waals surface area contributed by atoms with Crippen LogP contribution in [0.1, 0.15) is 44.1 Å². The molecule has 0 saturated carbocycles. The number of hydrogen-bond donors (Lipinski definition) is 2. The van der Waals surface area contributed by atoms with E-state index in [9.17, 15) is 5.11 Å². The summed E-state index contributed by atoms with van der Waals surface area (Å²) in [5.41, 5.74) is 14.6. The second-order valence-corrected chi connectivity index (χ2v) is 9.36. The fourth-order valence-corrected chi connectivity index (χ4v) is 5.54. The molecule has 33 heavy (non-hydrogen) atoms. The van der Waals surface area contributed by atoms with Crippen LogP contribution in [-0.2, 0) is 6.54 Å². The van der Waals surface area contributed by atoms with Gasteiger partial charge < -0.3 is 26.5 Å². The van der Waals surface area contributed by atoms with E-state index in [1.54, 1.807) is 0 Å². The summed E-state index contributed by atoms with van der Waals surface area (Å²) in [7, 11) is 0. The van der Waals surface area contributed by atoms with Crippen molar-refractivity contribution in [2.24, 2.45) is 21.5 Å². The largest absolute Gasteiger partial charge is 0.862 e. The van der Waals surface area contributed by atoms with Gasteiger partial charge in [-0.2, -0.15) is 0 Å². The van der Waals surface area contributed by atoms with Crippen LogP contribution in [0, 0.1) is 0 Å². The van der Waals surface area contributed by atoms with Crippen molar-refractivity contribution >= 4 is 34.9 Å². The third-order valence-electron chi connectivity index (χ3n) is 5.90. The van der Waals surface area contributed by atoms with E-state index in [2.05, 4.69) is 68.2 Å². The van der Waals surface area contributed by atoms with Gasteiger partial charge in [-0.15, -0.1) is 0 Å². The zero-order valence-corrected chi connectivity index (χ0v) is 19.8. The Balaban J connectivity index is 1.25. The maximum Gasteiger partial charge on any atom is 0.185 e. The Kier molecular flexibility index (Phi) is 7.88. The number of rotatable bonds is 10. The number of guanidine groups is 1. The molecule has 4 N–H and O–H groups in total. The molecule has 2 aromatic rings. The molecule has 1 aromatic heterocycles. The summed E-state index contributed by atoms with van der Waals surface area (Å²) in [4.78, 5) is 11.6. The zero-order valence-electron chi connectivity index (χ0n) is 18.9. The molecule has 0 radical (unpaired) electrons. The standard InChI is InChI=1S/C25H32N6OS/c26-25(27)29-14-13-28-23(32)10-2-1-5-15-30-17-11-19(12-18-30)20-7-6-16-31-21-8-3-4-9-22(21)33-24(20)31/h3-4,8-9,11-12,17-18H,1-2,5-7,10,13-16H2,(H4-,26,27,28,29,32). The van der Waals surface area contributed by atoms with Crippen molar-refractivity contribution in [3.63, 3.8) is 0 Å². The number of aryl methyl sites for hydroxylation is 1. The Labute approximate surface area is 199 Å². The highest BCUT2D eigenvalue weighted by Crippen LogP contribution is 2.51. The van der Waals surface area contributed by atoms with Gasteiger partial charge in [0.15, 0.2) is 18.4 Å². The highest BCUT2D eigenvalue weighted by molar-refractivity contribution is 8.04. The van der Waals surface area contributed by atoms with Crippen molar-refractivity contribution in [2.75, 3.05) is 24.5 Å². The molecule has 0 atom stereocenters. The number of allylic oxidation sites excluding steroid dienone is 1. The van der Waals surface area contributed by atoms with Crippen molar-refractivity contribution < 1.29 is 9.67 Å². The average molecular weight is 465 g/mol. The van der Waals surface area contributed by atoms with Crippen molar-refractivity contribution in [1.82, 2.24) is 0 Å². The number of pyridine rings is 1. The van der Waals surface area contributed by atoms with Crippen molar-refractivity contribution in [3.05, 3.63) is 59.4 Å². The van der Waals surface area contributed by atoms with Gasteiger partial charge in [0, 0.05) is 30.0 Å². The Bertz CT molecular complexity index is 1040. The van der Waals surface area contributed by atoms with E-state index in [4.69, 9.17) is 11.5 Å². The second kappa shape index (κ2) is 11.2. The van der Waals surface area contributed by atoms with Crippen molar-refractivity contribution in [2.45, 2.75) is 50.0 Å². The van der Waals surface area contributed by atoms with E-state index in [0.29, 0.717) is 19.5 Å². The molecular weight excluding hydrogens is 432 g/mol. The first kappa shape index (κ1) is 23.2. The summed E-state index contributed by atoms with van der Waals surface area (Å²) < 4.78 is 2.23. The quantitative estimate of drug-likeness (QED) is 0.243. The molecule has 0 amide bonds. The lowest BCUT2D eigenvalue weighted by Gasteiger charge is -2.28. The van der Waals surface area contributed by atoms with Crippen molar-refractivity contribution in [3.8, 4) is 0 Å². The van der Waals surface area contributed by atoms with E-state index in [1.165, 1.54) is 33.2 Å². The van der Waals surface area contributed by atoms with Crippen LogP contribution >= 0.6 is 11.8 Å². The minimum absolute atomic E-state index is 0.0317. The number of benzene rings is 1. The summed E-state index contributed by atoms with van der Waals surface area (Å²) in [6.45, 7) is 2.76. The van der Waals surface area contributed by atoms with Gasteiger partial charge in [0.25, 0.3) is 0 Å². The normalized spacial score (nSPS) is 15.4. The number of unbranched alkanes of at least 4 members (excludes halogenated alkanes) is 2. The molecule has 0 saturated heterocycles. The first-order chi connectivity index (χ1) is 16.1. The van der Waals surface area contributed by atoms with Crippen LogP contribution in [0.25, 0.3) is 5.57 Å². The highest BCUT2D eigenvalue weighted by atomic mass is 32.2. The molecule has 8 heteroatoms. The van der Waals surface area contributed by atoms with Crippen LogP contribution in [0.5, 0.6) is 0 Å². The lowest BCUT2D eigenvalue weighted by molar-refractivity contribution is -0.697. The Morgan fingerprint density at radius 3 is 2.64 bits per heavy atom. The number of aromatic nitrogens is 1. The number of para-hydroxylation sites is 1. The van der Waals surface area contributed by atoms with E-state index >= 15 is 0 Å². The number of fused-ring (bicyclic) bond motifs is 3. The summed E-state index contributed by atoms with van der Waals surface area (Å²) in [5, 5.41) is 13.2. The number of anilines is 1. The zero-order chi connectivity index (χ0) is 23.0. The molecule has 3 heterocycles. The van der Waals surface area contributed by atoms with Gasteiger partial charge in [0.2, 0.25) is 0 Å². The van der Waals surface area contributed by atoms with Crippen molar-refractivity contribution in [1.29, 1.82) is 0 Å². The molecule has 0 aliphatic carbocycles. The number of hydrogen-bond acceptors (Lipinski definition) is 5. The van der Waals surface area contributed by atoms with Crippen LogP contribution in [0.15, 0.2) is 68.7 Å². The fraction of sp³-hybridized carbons (Fsp3) is 0.400. The molecule has 0 spiro atoms. The molecule has 0 fully saturated rings. The lowest BCUT2D eigenvalue weighted by atomic mass is 10.00. The Morgan fingerprint density at radius 2 is 1.82 bits per heavy atom. The SMILES string of the molecule is NC(N)=NCCN=C([O-])CCCCC[n+]1ccc(C2=C3Sc4ccccc4N3CCC2)cc1. The van der Waals surface area contributed by atoms with E-state index in [0.717, 1.165) is 38.8 Å². The van der Waals surface area contributed by atoms with Gasteiger partial charge in [-0.3, -0.25) is 4.99 Å². The monoisotopic (exact) mass is 464 g/mol. The van der Waals surface area contributed by atoms with Crippen LogP contribution in [0.3, 0.4) is 0 Å². The van der Waals surface area contributed by atoms with Gasteiger partial charge in [0.05, 0.1) is 23.8 Å². The molecular formula is C25H32N6OS. The van der Waals surface area contributed by atoms with Gasteiger partial charge in [0.1, 0.15) is 6.54 Å². The average Bonchev–Trinajstić information content (AvgIpc) is 3.21. The summed E-state index contributed by atoms with van der Waals surface area (Å²) in [6, 6.07) is 13.2. The minimum atomic E-state index is -0.0687. The first-order valence-corrected chi connectivity index (χ1v) is 12.5. The van der Waals surface area contributed by atoms with Crippen LogP contribution in [0.2, 0.25) is 0 Å². The van der Waals surface area contributed by atoms with Gasteiger partial charge in [-0.1, -0.05) is 23.9 Å². The predicted molar refractivity (Wildman–Crippen MR) is 134 cm³/mol. The topological polar surface area (TPSA) is 107 Å². The van der Waals surface area contributed by atoms with Gasteiger partial charge >= 0.3 is 0 Å². The summed E-state index contributed by atoms with van der Waals surface area (Å²) >= 11 is 1.90. The molecule has 0 bridgehead atoms. The number of thioether (sulfide) groups is 1. The van der Waals surface area contributed by atoms with Crippen LogP contribution in [-0.4, -0.2) is 31.5 Å². The van der Waals surface area contributed by atoms with E-state index < -0.39 is 0 Å². The molecule has 7 nitrogen and oxygen atoms in total. The lowest BCUT2D eigenvalue weighted by Crippen LogP contribution is -2.32. The van der Waals surface area contributed by atoms with Gasteiger partial charge in [-0.05, 0) is 61.3 Å². The number of nitrogens with zero attached hydrogens (tertiary/aromatic N) is 4. The van der Waals surface area contributed by atoms with Crippen LogP contribution < -0.4 is 26.0 Å². The molecule has 174 valence electrons. The molecule has 0 unspecified atom stereocenters. The fourth-order valence-electron chi connectivity index (χ4n) is 4.26. The molecule has 1 aromatic carbocycles. The maximum absolute atomic E-state index is 11.8. The summed E-state index contributed by atoms with van der Waals surface area (Å²) in [6.07, 6.45) is 10.1. The number of aliphatic imine (C=N–C) groups is 2. The Hall–Kier alpha value is -3.00. The first-order valence-electron chi connectivity index (χ1n) is 11.6. The Morgan fingerprint density at radius 1 is 1.03 bits per heavy atom. The predicted octanol–water partition coefficient (Wildman–Crippen LogP) is 2.64. The summed E-state index contributed by atoms with van der Waals surface area (Å²) in [5.74, 6) is -0.0370. The molecule has 2 aliphatic rings. The third kappa shape index (κ3) is 6.07. The smallest absolute Gasteiger partial charge is 0.185 e. The highest BCUT2D eigenvalue weighted by Gasteiger charge is 2.30. The minimum Gasteiger partial charge on any atom is -0.862 e. The second-order valence-electron chi connectivity index (χ2n) is 8.33. The van der Waals surface area contributed by atoms with Crippen LogP contribution in [0.4, 0.5) is 5.69 Å². The van der Waals surface area contributed by atoms with E-state index in [1.807, 2.05) is 11.8 Å². The van der Waals surface area contributed by atoms with E-state index in [-0.39, 0.29) is 11.9 Å². The maximum atomic E-state index is 11.8.